The Morgan fingerprint density at radius 3 is 2.91 bits per heavy atom. The molecule has 0 aromatic carbocycles. The van der Waals surface area contributed by atoms with Crippen molar-refractivity contribution in [3.05, 3.63) is 35.7 Å². The first-order valence-corrected chi connectivity index (χ1v) is 11.1. The highest BCUT2D eigenvalue weighted by atomic mass is 19.4. The molecule has 2 aromatic heterocycles. The van der Waals surface area contributed by atoms with Crippen LogP contribution in [0.1, 0.15) is 35.8 Å². The van der Waals surface area contributed by atoms with E-state index in [4.69, 9.17) is 4.74 Å². The van der Waals surface area contributed by atoms with Crippen LogP contribution in [0.2, 0.25) is 0 Å². The maximum Gasteiger partial charge on any atom is 0.408 e. The minimum Gasteiger partial charge on any atom is -0.492 e. The SMILES string of the molecule is C[C@@H](NC(=O)c1ccc2c(n1)N(C(=O)Nc1cc3c(cn1)OCCC3)[C@H]1CCN2C1)C(F)(F)F. The quantitative estimate of drug-likeness (QED) is 0.706. The molecule has 0 aliphatic carbocycles. The number of anilines is 3. The van der Waals surface area contributed by atoms with E-state index in [1.807, 2.05) is 10.2 Å². The summed E-state index contributed by atoms with van der Waals surface area (Å²) in [4.78, 5) is 37.8. The summed E-state index contributed by atoms with van der Waals surface area (Å²) in [5.74, 6) is 0.339. The van der Waals surface area contributed by atoms with E-state index in [9.17, 15) is 22.8 Å². The summed E-state index contributed by atoms with van der Waals surface area (Å²) >= 11 is 0. The number of nitrogens with zero attached hydrogens (tertiary/aromatic N) is 4. The standard InChI is InChI=1S/C22H23F3N6O3/c1-12(22(23,24)25)27-20(32)15-4-5-16-19(28-15)31(14-6-7-30(16)11-14)21(33)29-18-9-13-3-2-8-34-17(13)10-26-18/h4-5,9-10,12,14H,2-3,6-8,11H2,1H3,(H,27,32)(H,26,29,33)/t12-,14+/m1/s1. The van der Waals surface area contributed by atoms with Crippen molar-refractivity contribution in [2.45, 2.75) is 44.4 Å². The van der Waals surface area contributed by atoms with Crippen LogP contribution in [0.4, 0.5) is 35.3 Å². The molecular formula is C22H23F3N6O3. The summed E-state index contributed by atoms with van der Waals surface area (Å²) in [6, 6.07) is 2.08. The number of nitrogens with one attached hydrogen (secondary N) is 2. The van der Waals surface area contributed by atoms with E-state index >= 15 is 0 Å². The summed E-state index contributed by atoms with van der Waals surface area (Å²) in [5.41, 5.74) is 1.41. The maximum atomic E-state index is 13.3. The second-order valence-electron chi connectivity index (χ2n) is 8.59. The van der Waals surface area contributed by atoms with Gasteiger partial charge in [-0.2, -0.15) is 13.2 Å². The van der Waals surface area contributed by atoms with E-state index in [0.29, 0.717) is 43.4 Å². The Balaban J connectivity index is 1.41. The van der Waals surface area contributed by atoms with Crippen LogP contribution in [0.25, 0.3) is 0 Å². The molecule has 3 aliphatic heterocycles. The van der Waals surface area contributed by atoms with E-state index in [2.05, 4.69) is 15.3 Å². The molecule has 9 nitrogen and oxygen atoms in total. The lowest BCUT2D eigenvalue weighted by atomic mass is 10.1. The summed E-state index contributed by atoms with van der Waals surface area (Å²) in [6.45, 7) is 2.80. The number of hydrogen-bond donors (Lipinski definition) is 2. The summed E-state index contributed by atoms with van der Waals surface area (Å²) < 4.78 is 44.2. The van der Waals surface area contributed by atoms with Crippen molar-refractivity contribution >= 4 is 29.3 Å². The topological polar surface area (TPSA) is 99.7 Å². The average molecular weight is 476 g/mol. The van der Waals surface area contributed by atoms with Crippen molar-refractivity contribution in [2.24, 2.45) is 0 Å². The van der Waals surface area contributed by atoms with Gasteiger partial charge >= 0.3 is 12.2 Å². The molecule has 1 saturated heterocycles. The van der Waals surface area contributed by atoms with Crippen LogP contribution in [0.15, 0.2) is 24.4 Å². The van der Waals surface area contributed by atoms with Gasteiger partial charge in [-0.15, -0.1) is 0 Å². The Morgan fingerprint density at radius 2 is 2.12 bits per heavy atom. The molecule has 2 atom stereocenters. The summed E-state index contributed by atoms with van der Waals surface area (Å²) in [7, 11) is 0. The number of alkyl halides is 3. The molecule has 0 saturated carbocycles. The Labute approximate surface area is 193 Å². The Kier molecular flexibility index (Phi) is 5.45. The minimum atomic E-state index is -4.58. The number of aryl methyl sites for hydroxylation is 1. The van der Waals surface area contributed by atoms with Crippen molar-refractivity contribution in [1.82, 2.24) is 15.3 Å². The second kappa shape index (κ2) is 8.33. The zero-order valence-electron chi connectivity index (χ0n) is 18.4. The first-order valence-electron chi connectivity index (χ1n) is 11.1. The zero-order valence-corrected chi connectivity index (χ0v) is 18.4. The van der Waals surface area contributed by atoms with Crippen LogP contribution in [-0.2, 0) is 6.42 Å². The predicted molar refractivity (Wildman–Crippen MR) is 117 cm³/mol. The molecule has 3 amide bonds. The van der Waals surface area contributed by atoms with Crippen molar-refractivity contribution in [2.75, 3.05) is 34.8 Å². The van der Waals surface area contributed by atoms with Gasteiger partial charge < -0.3 is 15.0 Å². The van der Waals surface area contributed by atoms with Gasteiger partial charge in [0.1, 0.15) is 23.3 Å². The second-order valence-corrected chi connectivity index (χ2v) is 8.59. The van der Waals surface area contributed by atoms with Crippen molar-refractivity contribution < 1.29 is 27.5 Å². The molecular weight excluding hydrogens is 453 g/mol. The lowest BCUT2D eigenvalue weighted by Gasteiger charge is -2.35. The third-order valence-electron chi connectivity index (χ3n) is 6.27. The lowest BCUT2D eigenvalue weighted by Crippen LogP contribution is -2.49. The number of amides is 3. The zero-order chi connectivity index (χ0) is 24.0. The summed E-state index contributed by atoms with van der Waals surface area (Å²) in [6.07, 6.45) is -0.603. The number of pyridine rings is 2. The normalized spacial score (nSPS) is 19.6. The first-order chi connectivity index (χ1) is 16.2. The number of halogens is 3. The summed E-state index contributed by atoms with van der Waals surface area (Å²) in [5, 5.41) is 4.71. The Bertz CT molecular complexity index is 1140. The van der Waals surface area contributed by atoms with Crippen molar-refractivity contribution in [3.8, 4) is 5.75 Å². The van der Waals surface area contributed by atoms with Gasteiger partial charge in [-0.25, -0.2) is 14.8 Å². The molecule has 2 N–H and O–H groups in total. The van der Waals surface area contributed by atoms with Crippen molar-refractivity contribution in [3.63, 3.8) is 0 Å². The van der Waals surface area contributed by atoms with E-state index in [0.717, 1.165) is 25.3 Å². The Morgan fingerprint density at radius 1 is 1.29 bits per heavy atom. The number of carbonyl (C=O) groups is 2. The first kappa shape index (κ1) is 22.2. The highest BCUT2D eigenvalue weighted by Crippen LogP contribution is 2.39. The highest BCUT2D eigenvalue weighted by molar-refractivity contribution is 6.05. The number of rotatable bonds is 3. The smallest absolute Gasteiger partial charge is 0.408 e. The molecule has 180 valence electrons. The third-order valence-corrected chi connectivity index (χ3v) is 6.27. The number of aromatic nitrogens is 2. The molecule has 1 fully saturated rings. The molecule has 0 spiro atoms. The van der Waals surface area contributed by atoms with Gasteiger partial charge in [-0.3, -0.25) is 15.0 Å². The molecule has 5 heterocycles. The largest absolute Gasteiger partial charge is 0.492 e. The average Bonchev–Trinajstić information content (AvgIpc) is 3.22. The molecule has 12 heteroatoms. The third kappa shape index (κ3) is 4.08. The molecule has 3 aliphatic rings. The number of urea groups is 1. The molecule has 2 aromatic rings. The van der Waals surface area contributed by atoms with Gasteiger partial charge in [0.2, 0.25) is 0 Å². The predicted octanol–water partition coefficient (Wildman–Crippen LogP) is 3.11. The van der Waals surface area contributed by atoms with Gasteiger partial charge in [-0.1, -0.05) is 0 Å². The number of carbonyl (C=O) groups excluding carboxylic acids is 2. The van der Waals surface area contributed by atoms with Gasteiger partial charge in [0.05, 0.1) is 24.5 Å². The molecule has 0 radical (unpaired) electrons. The van der Waals surface area contributed by atoms with Crippen LogP contribution in [0, 0.1) is 0 Å². The van der Waals surface area contributed by atoms with E-state index in [1.54, 1.807) is 18.3 Å². The number of hydrogen-bond acceptors (Lipinski definition) is 6. The van der Waals surface area contributed by atoms with Crippen LogP contribution < -0.4 is 25.2 Å². The fraction of sp³-hybridized carbons (Fsp3) is 0.455. The van der Waals surface area contributed by atoms with Crippen molar-refractivity contribution in [1.29, 1.82) is 0 Å². The van der Waals surface area contributed by atoms with Gasteiger partial charge in [-0.05, 0) is 49.9 Å². The van der Waals surface area contributed by atoms with Gasteiger partial charge in [0.15, 0.2) is 5.82 Å². The van der Waals surface area contributed by atoms with Gasteiger partial charge in [0, 0.05) is 13.1 Å². The van der Waals surface area contributed by atoms with Crippen LogP contribution in [-0.4, -0.2) is 59.9 Å². The number of fused-ring (bicyclic) bond motifs is 5. The molecule has 5 rings (SSSR count). The highest BCUT2D eigenvalue weighted by Gasteiger charge is 2.41. The minimum absolute atomic E-state index is 0.187. The fourth-order valence-corrected chi connectivity index (χ4v) is 4.44. The van der Waals surface area contributed by atoms with E-state index in [-0.39, 0.29) is 17.6 Å². The van der Waals surface area contributed by atoms with Crippen LogP contribution in [0.5, 0.6) is 5.75 Å². The van der Waals surface area contributed by atoms with Crippen LogP contribution in [0.3, 0.4) is 0 Å². The molecule has 0 unspecified atom stereocenters. The number of ether oxygens (including phenoxy) is 1. The maximum absolute atomic E-state index is 13.3. The van der Waals surface area contributed by atoms with Crippen LogP contribution >= 0.6 is 0 Å². The van der Waals surface area contributed by atoms with E-state index < -0.39 is 24.2 Å². The monoisotopic (exact) mass is 476 g/mol. The molecule has 2 bridgehead atoms. The molecule has 34 heavy (non-hydrogen) atoms. The lowest BCUT2D eigenvalue weighted by molar-refractivity contribution is -0.149. The Hall–Kier alpha value is -3.57. The van der Waals surface area contributed by atoms with E-state index in [1.165, 1.54) is 11.0 Å². The fourth-order valence-electron chi connectivity index (χ4n) is 4.44. The van der Waals surface area contributed by atoms with Gasteiger partial charge in [0.25, 0.3) is 5.91 Å².